The number of rotatable bonds is 3. The molecule has 104 valence electrons. The number of hydrogen-bond donors (Lipinski definition) is 1. The van der Waals surface area contributed by atoms with E-state index in [1.807, 2.05) is 18.2 Å². The molecule has 1 fully saturated rings. The van der Waals surface area contributed by atoms with Crippen LogP contribution in [-0.4, -0.2) is 41.9 Å². The Morgan fingerprint density at radius 3 is 2.79 bits per heavy atom. The molecule has 1 aromatic carbocycles. The van der Waals surface area contributed by atoms with Crippen LogP contribution < -0.4 is 0 Å². The van der Waals surface area contributed by atoms with Gasteiger partial charge in [-0.1, -0.05) is 30.3 Å². The van der Waals surface area contributed by atoms with Crippen molar-refractivity contribution < 1.29 is 14.6 Å². The van der Waals surface area contributed by atoms with Gasteiger partial charge in [-0.05, 0) is 31.2 Å². The minimum atomic E-state index is -0.424. The van der Waals surface area contributed by atoms with Gasteiger partial charge in [-0.3, -0.25) is 0 Å². The zero-order valence-electron chi connectivity index (χ0n) is 11.3. The number of aryl methyl sites for hydroxylation is 1. The molecule has 4 heteroatoms. The van der Waals surface area contributed by atoms with Crippen LogP contribution in [0.2, 0.25) is 0 Å². The summed E-state index contributed by atoms with van der Waals surface area (Å²) in [5.41, 5.74) is 1.28. The van der Waals surface area contributed by atoms with Crippen LogP contribution in [0, 0.1) is 0 Å². The number of methoxy groups -OCH3 is 1. The minimum Gasteiger partial charge on any atom is -0.453 e. The number of benzene rings is 1. The number of β-amino-alcohol motifs (C(OH)–C–C–N with tert-alkyl or cyclic N) is 1. The third-order valence-electron chi connectivity index (χ3n) is 3.70. The Hall–Kier alpha value is -1.55. The van der Waals surface area contributed by atoms with Gasteiger partial charge in [0.15, 0.2) is 0 Å². The van der Waals surface area contributed by atoms with Gasteiger partial charge in [0.25, 0.3) is 0 Å². The third kappa shape index (κ3) is 3.70. The van der Waals surface area contributed by atoms with E-state index in [0.29, 0.717) is 6.54 Å². The number of aliphatic hydroxyl groups is 1. The van der Waals surface area contributed by atoms with Crippen molar-refractivity contribution in [1.29, 1.82) is 0 Å². The number of likely N-dealkylation sites (tertiary alicyclic amines) is 1. The fourth-order valence-electron chi connectivity index (χ4n) is 2.63. The second-order valence-electron chi connectivity index (χ2n) is 5.03. The molecular formula is C15H21NO3. The summed E-state index contributed by atoms with van der Waals surface area (Å²) in [6.45, 7) is 0.381. The molecule has 1 N–H and O–H groups in total. The van der Waals surface area contributed by atoms with E-state index in [9.17, 15) is 9.90 Å². The average molecular weight is 263 g/mol. The van der Waals surface area contributed by atoms with Gasteiger partial charge < -0.3 is 14.7 Å². The van der Waals surface area contributed by atoms with E-state index in [4.69, 9.17) is 4.74 Å². The molecule has 19 heavy (non-hydrogen) atoms. The van der Waals surface area contributed by atoms with Crippen molar-refractivity contribution in [2.75, 3.05) is 13.7 Å². The first kappa shape index (κ1) is 13.9. The van der Waals surface area contributed by atoms with E-state index in [2.05, 4.69) is 12.1 Å². The molecule has 2 rings (SSSR count). The highest BCUT2D eigenvalue weighted by Gasteiger charge is 2.30. The van der Waals surface area contributed by atoms with Crippen molar-refractivity contribution in [3.8, 4) is 0 Å². The minimum absolute atomic E-state index is 0.163. The quantitative estimate of drug-likeness (QED) is 0.909. The maximum Gasteiger partial charge on any atom is 0.409 e. The monoisotopic (exact) mass is 263 g/mol. The molecule has 1 aliphatic rings. The van der Waals surface area contributed by atoms with Gasteiger partial charge in [0.05, 0.1) is 19.8 Å². The van der Waals surface area contributed by atoms with Crippen molar-refractivity contribution in [3.63, 3.8) is 0 Å². The zero-order valence-corrected chi connectivity index (χ0v) is 11.3. The number of amides is 1. The topological polar surface area (TPSA) is 49.8 Å². The van der Waals surface area contributed by atoms with E-state index in [0.717, 1.165) is 25.7 Å². The van der Waals surface area contributed by atoms with E-state index < -0.39 is 6.10 Å². The zero-order chi connectivity index (χ0) is 13.7. The molecule has 2 unspecified atom stereocenters. The fraction of sp³-hybridized carbons (Fsp3) is 0.533. The van der Waals surface area contributed by atoms with Crippen LogP contribution in [0.25, 0.3) is 0 Å². The van der Waals surface area contributed by atoms with Gasteiger partial charge in [0.2, 0.25) is 0 Å². The molecule has 1 aliphatic heterocycles. The van der Waals surface area contributed by atoms with Crippen LogP contribution in [0.4, 0.5) is 4.79 Å². The lowest BCUT2D eigenvalue weighted by molar-refractivity contribution is 0.0281. The van der Waals surface area contributed by atoms with Crippen molar-refractivity contribution in [3.05, 3.63) is 35.9 Å². The van der Waals surface area contributed by atoms with Gasteiger partial charge in [0.1, 0.15) is 0 Å². The van der Waals surface area contributed by atoms with Crippen LogP contribution in [0.5, 0.6) is 0 Å². The lowest BCUT2D eigenvalue weighted by atomic mass is 9.95. The molecule has 0 aliphatic carbocycles. The Labute approximate surface area is 114 Å². The predicted molar refractivity (Wildman–Crippen MR) is 72.9 cm³/mol. The molecule has 0 bridgehead atoms. The standard InChI is InChI=1S/C15H21NO3/c1-19-15(18)16-11-14(17)10-9-13(16)8-7-12-5-3-2-4-6-12/h2-6,13-14,17H,7-11H2,1H3. The van der Waals surface area contributed by atoms with Crippen LogP contribution >= 0.6 is 0 Å². The smallest absolute Gasteiger partial charge is 0.409 e. The summed E-state index contributed by atoms with van der Waals surface area (Å²) in [6.07, 6.45) is 2.68. The maximum absolute atomic E-state index is 11.7. The Morgan fingerprint density at radius 2 is 2.11 bits per heavy atom. The van der Waals surface area contributed by atoms with Crippen LogP contribution in [-0.2, 0) is 11.2 Å². The highest BCUT2D eigenvalue weighted by atomic mass is 16.5. The van der Waals surface area contributed by atoms with Gasteiger partial charge in [-0.2, -0.15) is 0 Å². The average Bonchev–Trinajstić information content (AvgIpc) is 2.46. The van der Waals surface area contributed by atoms with Gasteiger partial charge in [0, 0.05) is 6.04 Å². The summed E-state index contributed by atoms with van der Waals surface area (Å²) in [7, 11) is 1.39. The summed E-state index contributed by atoms with van der Waals surface area (Å²) in [6, 6.07) is 10.4. The van der Waals surface area contributed by atoms with Crippen molar-refractivity contribution >= 4 is 6.09 Å². The second-order valence-corrected chi connectivity index (χ2v) is 5.03. The molecule has 1 aromatic rings. The Bertz CT molecular complexity index is 407. The number of carbonyl (C=O) groups excluding carboxylic acids is 1. The summed E-state index contributed by atoms with van der Waals surface area (Å²) < 4.78 is 4.80. The summed E-state index contributed by atoms with van der Waals surface area (Å²) in [4.78, 5) is 13.4. The maximum atomic E-state index is 11.7. The third-order valence-corrected chi connectivity index (χ3v) is 3.70. The normalized spacial score (nSPS) is 23.2. The lowest BCUT2D eigenvalue weighted by Crippen LogP contribution is -2.48. The lowest BCUT2D eigenvalue weighted by Gasteiger charge is -2.37. The van der Waals surface area contributed by atoms with E-state index in [-0.39, 0.29) is 12.1 Å². The summed E-state index contributed by atoms with van der Waals surface area (Å²) >= 11 is 0. The summed E-state index contributed by atoms with van der Waals surface area (Å²) in [5.74, 6) is 0. The van der Waals surface area contributed by atoms with Gasteiger partial charge in [-0.15, -0.1) is 0 Å². The molecular weight excluding hydrogens is 242 g/mol. The highest BCUT2D eigenvalue weighted by Crippen LogP contribution is 2.22. The first-order valence-electron chi connectivity index (χ1n) is 6.77. The number of carbonyl (C=O) groups is 1. The Morgan fingerprint density at radius 1 is 1.37 bits per heavy atom. The molecule has 1 amide bonds. The summed E-state index contributed by atoms with van der Waals surface area (Å²) in [5, 5.41) is 9.68. The van der Waals surface area contributed by atoms with Gasteiger partial charge in [-0.25, -0.2) is 4.79 Å². The Kier molecular flexibility index (Phi) is 4.80. The van der Waals surface area contributed by atoms with Crippen molar-refractivity contribution in [2.24, 2.45) is 0 Å². The van der Waals surface area contributed by atoms with E-state index in [1.165, 1.54) is 12.7 Å². The predicted octanol–water partition coefficient (Wildman–Crippen LogP) is 2.21. The van der Waals surface area contributed by atoms with Crippen molar-refractivity contribution in [1.82, 2.24) is 4.90 Å². The van der Waals surface area contributed by atoms with Crippen LogP contribution in [0.1, 0.15) is 24.8 Å². The number of hydrogen-bond acceptors (Lipinski definition) is 3. The van der Waals surface area contributed by atoms with E-state index >= 15 is 0 Å². The molecule has 0 radical (unpaired) electrons. The SMILES string of the molecule is COC(=O)N1CC(O)CCC1CCc1ccccc1. The molecule has 4 nitrogen and oxygen atoms in total. The molecule has 0 saturated carbocycles. The number of piperidine rings is 1. The number of aliphatic hydroxyl groups excluding tert-OH is 1. The molecule has 0 spiro atoms. The first-order valence-corrected chi connectivity index (χ1v) is 6.77. The van der Waals surface area contributed by atoms with Crippen molar-refractivity contribution in [2.45, 2.75) is 37.8 Å². The van der Waals surface area contributed by atoms with Crippen LogP contribution in [0.15, 0.2) is 30.3 Å². The number of nitrogens with zero attached hydrogens (tertiary/aromatic N) is 1. The van der Waals surface area contributed by atoms with Crippen LogP contribution in [0.3, 0.4) is 0 Å². The molecule has 2 atom stereocenters. The molecule has 0 aromatic heterocycles. The molecule has 1 saturated heterocycles. The Balaban J connectivity index is 1.95. The number of ether oxygens (including phenoxy) is 1. The highest BCUT2D eigenvalue weighted by molar-refractivity contribution is 5.68. The van der Waals surface area contributed by atoms with E-state index in [1.54, 1.807) is 4.90 Å². The second kappa shape index (κ2) is 6.57. The van der Waals surface area contributed by atoms with Gasteiger partial charge >= 0.3 is 6.09 Å². The fourth-order valence-corrected chi connectivity index (χ4v) is 2.63. The first-order chi connectivity index (χ1) is 9.20. The largest absolute Gasteiger partial charge is 0.453 e. The molecule has 1 heterocycles.